The smallest absolute Gasteiger partial charge is 0.170 e. The molecule has 4 bridgehead atoms. The molecule has 154 valence electrons. The molecular formula is C18H8F8O3. The van der Waals surface area contributed by atoms with E-state index in [9.17, 15) is 35.1 Å². The maximum atomic E-state index is 14.5. The van der Waals surface area contributed by atoms with Crippen molar-refractivity contribution >= 4 is 0 Å². The fraction of sp³-hybridized carbons (Fsp3) is 0.333. The van der Waals surface area contributed by atoms with E-state index in [1.165, 1.54) is 0 Å². The number of ether oxygens (including phenoxy) is 3. The van der Waals surface area contributed by atoms with Crippen LogP contribution < -0.4 is 0 Å². The van der Waals surface area contributed by atoms with Gasteiger partial charge in [-0.25, -0.2) is 35.1 Å². The Kier molecular flexibility index (Phi) is 3.97. The molecule has 0 radical (unpaired) electrons. The van der Waals surface area contributed by atoms with Gasteiger partial charge in [0.2, 0.25) is 0 Å². The normalized spacial score (nSPS) is 27.3. The minimum absolute atomic E-state index is 0.271. The van der Waals surface area contributed by atoms with Gasteiger partial charge in [0, 0.05) is 0 Å². The number of halogens is 8. The average molecular weight is 424 g/mol. The Morgan fingerprint density at radius 1 is 0.483 bits per heavy atom. The van der Waals surface area contributed by atoms with Crippen molar-refractivity contribution in [1.29, 1.82) is 0 Å². The zero-order valence-electron chi connectivity index (χ0n) is 14.0. The molecule has 4 atom stereocenters. The molecule has 2 aromatic carbocycles. The van der Waals surface area contributed by atoms with Crippen molar-refractivity contribution in [2.45, 2.75) is 24.4 Å². The van der Waals surface area contributed by atoms with E-state index in [1.54, 1.807) is 0 Å². The summed E-state index contributed by atoms with van der Waals surface area (Å²) in [5.74, 6) is -16.8. The van der Waals surface area contributed by atoms with E-state index in [4.69, 9.17) is 14.2 Å². The molecule has 0 aliphatic carbocycles. The predicted molar refractivity (Wildman–Crippen MR) is 77.6 cm³/mol. The lowest BCUT2D eigenvalue weighted by molar-refractivity contribution is 0.102. The third kappa shape index (κ3) is 2.53. The van der Waals surface area contributed by atoms with Crippen LogP contribution in [0.2, 0.25) is 0 Å². The molecule has 3 nitrogen and oxygen atoms in total. The van der Waals surface area contributed by atoms with Gasteiger partial charge in [-0.3, -0.25) is 0 Å². The molecule has 11 heteroatoms. The highest BCUT2D eigenvalue weighted by atomic mass is 19.2. The topological polar surface area (TPSA) is 34.3 Å². The summed E-state index contributed by atoms with van der Waals surface area (Å²) in [7, 11) is 0. The van der Waals surface area contributed by atoms with Crippen LogP contribution in [-0.4, -0.2) is 25.4 Å². The lowest BCUT2D eigenvalue weighted by atomic mass is 9.95. The van der Waals surface area contributed by atoms with Gasteiger partial charge in [-0.05, 0) is 0 Å². The quantitative estimate of drug-likeness (QED) is 0.358. The molecule has 7 rings (SSSR count). The second-order valence-corrected chi connectivity index (χ2v) is 6.82. The summed E-state index contributed by atoms with van der Waals surface area (Å²) in [5.41, 5.74) is -6.10. The van der Waals surface area contributed by atoms with Crippen LogP contribution in [0, 0.1) is 46.5 Å². The van der Waals surface area contributed by atoms with Gasteiger partial charge >= 0.3 is 0 Å². The number of hydrogen-bond acceptors (Lipinski definition) is 3. The number of epoxide rings is 2. The molecule has 2 fully saturated rings. The first-order valence-corrected chi connectivity index (χ1v) is 8.34. The second-order valence-electron chi connectivity index (χ2n) is 6.82. The SMILES string of the molecule is Fc1c(F)c2c(F)c(F)c1-c1c(F)c(F)c(c(F)c1F)C1OC1COCC1OC21. The summed E-state index contributed by atoms with van der Waals surface area (Å²) in [4.78, 5) is 0. The van der Waals surface area contributed by atoms with E-state index in [1.807, 2.05) is 0 Å². The molecular weight excluding hydrogens is 416 g/mol. The summed E-state index contributed by atoms with van der Waals surface area (Å²) in [5, 5.41) is 0. The van der Waals surface area contributed by atoms with E-state index >= 15 is 0 Å². The van der Waals surface area contributed by atoms with Gasteiger partial charge in [0.15, 0.2) is 46.5 Å². The van der Waals surface area contributed by atoms with Crippen LogP contribution in [0.3, 0.4) is 0 Å². The molecule has 5 heterocycles. The van der Waals surface area contributed by atoms with Gasteiger partial charge in [0.25, 0.3) is 0 Å². The van der Waals surface area contributed by atoms with E-state index in [2.05, 4.69) is 0 Å². The Morgan fingerprint density at radius 3 is 1.10 bits per heavy atom. The average Bonchev–Trinajstić information content (AvgIpc) is 3.59. The maximum Gasteiger partial charge on any atom is 0.170 e. The Bertz CT molecular complexity index is 931. The predicted octanol–water partition coefficient (Wildman–Crippen LogP) is 4.38. The second kappa shape index (κ2) is 6.13. The van der Waals surface area contributed by atoms with E-state index in [0.29, 0.717) is 0 Å². The Hall–Kier alpha value is -2.24. The van der Waals surface area contributed by atoms with Crippen molar-refractivity contribution < 1.29 is 49.3 Å². The third-order valence-electron chi connectivity index (χ3n) is 5.14. The highest BCUT2D eigenvalue weighted by Gasteiger charge is 2.50. The maximum absolute atomic E-state index is 14.5. The van der Waals surface area contributed by atoms with E-state index < -0.39 is 93.2 Å². The largest absolute Gasteiger partial charge is 0.376 e. The van der Waals surface area contributed by atoms with Crippen LogP contribution in [0.1, 0.15) is 23.3 Å². The zero-order chi connectivity index (χ0) is 20.8. The van der Waals surface area contributed by atoms with Crippen LogP contribution in [0.4, 0.5) is 35.1 Å². The molecule has 0 spiro atoms. The number of rotatable bonds is 0. The standard InChI is InChI=1S/C18H8F8O3/c19-9-5-6-11(21)15(25)8(16(26)12(6)22)18-4(29-18)2-27-1-3-17(28-3)7(13(9)23)14(24)10(5)20/h3-4,17-18H,1-2H2. The Morgan fingerprint density at radius 2 is 0.793 bits per heavy atom. The first-order valence-electron chi connectivity index (χ1n) is 8.34. The fourth-order valence-corrected chi connectivity index (χ4v) is 3.58. The van der Waals surface area contributed by atoms with Crippen molar-refractivity contribution in [3.8, 4) is 11.1 Å². The van der Waals surface area contributed by atoms with Crippen LogP contribution in [0.5, 0.6) is 0 Å². The summed E-state index contributed by atoms with van der Waals surface area (Å²) in [6.45, 7) is -0.541. The summed E-state index contributed by atoms with van der Waals surface area (Å²) < 4.78 is 131. The zero-order valence-corrected chi connectivity index (χ0v) is 14.0. The Labute approximate surface area is 156 Å². The van der Waals surface area contributed by atoms with Crippen LogP contribution in [-0.2, 0) is 14.2 Å². The molecule has 29 heavy (non-hydrogen) atoms. The molecule has 5 aliphatic rings. The van der Waals surface area contributed by atoms with Crippen molar-refractivity contribution in [3.63, 3.8) is 0 Å². The van der Waals surface area contributed by atoms with Crippen molar-refractivity contribution in [3.05, 3.63) is 57.7 Å². The van der Waals surface area contributed by atoms with Gasteiger partial charge in [-0.2, -0.15) is 0 Å². The lowest BCUT2D eigenvalue weighted by Crippen LogP contribution is -2.12. The molecule has 0 amide bonds. The molecule has 2 saturated heterocycles. The van der Waals surface area contributed by atoms with Crippen molar-refractivity contribution in [2.24, 2.45) is 0 Å². The first-order chi connectivity index (χ1) is 13.7. The summed E-state index contributed by atoms with van der Waals surface area (Å²) in [6.07, 6.45) is -4.69. The van der Waals surface area contributed by atoms with Crippen LogP contribution in [0.15, 0.2) is 0 Å². The monoisotopic (exact) mass is 424 g/mol. The summed E-state index contributed by atoms with van der Waals surface area (Å²) in [6, 6.07) is 0. The highest BCUT2D eigenvalue weighted by molar-refractivity contribution is 5.68. The first kappa shape index (κ1) is 18.8. The van der Waals surface area contributed by atoms with Gasteiger partial charge < -0.3 is 14.2 Å². The van der Waals surface area contributed by atoms with Crippen molar-refractivity contribution in [1.82, 2.24) is 0 Å². The summed E-state index contributed by atoms with van der Waals surface area (Å²) >= 11 is 0. The molecule has 0 N–H and O–H groups in total. The van der Waals surface area contributed by atoms with Gasteiger partial charge in [-0.15, -0.1) is 0 Å². The number of hydrogen-bond donors (Lipinski definition) is 0. The molecule has 4 unspecified atom stereocenters. The van der Waals surface area contributed by atoms with E-state index in [0.717, 1.165) is 0 Å². The van der Waals surface area contributed by atoms with Crippen molar-refractivity contribution in [2.75, 3.05) is 13.2 Å². The molecule has 0 saturated carbocycles. The highest BCUT2D eigenvalue weighted by Crippen LogP contribution is 2.48. The van der Waals surface area contributed by atoms with E-state index in [-0.39, 0.29) is 13.2 Å². The molecule has 2 aromatic rings. The minimum atomic E-state index is -2.21. The number of fused-ring (bicyclic) bond motifs is 2. The minimum Gasteiger partial charge on any atom is -0.376 e. The Balaban J connectivity index is 1.83. The van der Waals surface area contributed by atoms with Gasteiger partial charge in [0.05, 0.1) is 35.5 Å². The van der Waals surface area contributed by atoms with Gasteiger partial charge in [-0.1, -0.05) is 0 Å². The fourth-order valence-electron chi connectivity index (χ4n) is 3.58. The molecule has 0 aromatic heterocycles. The van der Waals surface area contributed by atoms with Crippen LogP contribution in [0.25, 0.3) is 11.1 Å². The lowest BCUT2D eigenvalue weighted by Gasteiger charge is -2.15. The molecule has 5 aliphatic heterocycles. The number of benzene rings is 2. The van der Waals surface area contributed by atoms with Crippen LogP contribution >= 0.6 is 0 Å². The van der Waals surface area contributed by atoms with Gasteiger partial charge in [0.1, 0.15) is 24.4 Å². The third-order valence-corrected chi connectivity index (χ3v) is 5.14.